The Kier molecular flexibility index (Phi) is 15.4. The van der Waals surface area contributed by atoms with Crippen LogP contribution in [-0.4, -0.2) is 47.9 Å². The molecule has 10 heterocycles. The molecule has 8 aromatic carbocycles. The van der Waals surface area contributed by atoms with Crippen LogP contribution in [0.4, 0.5) is 0 Å². The molecule has 103 heavy (non-hydrogen) atoms. The molecule has 4 N–H and O–H groups in total. The number of H-pyrrole nitrogens is 4. The maximum Gasteiger partial charge on any atom is 0.112 e. The Morgan fingerprint density at radius 1 is 0.194 bits per heavy atom. The summed E-state index contributed by atoms with van der Waals surface area (Å²) in [6, 6.07) is 92.5. The van der Waals surface area contributed by atoms with Gasteiger partial charge in [-0.05, 0) is 169 Å². The molecule has 18 rings (SSSR count). The first kappa shape index (κ1) is 62.4. The van der Waals surface area contributed by atoms with Gasteiger partial charge in [-0.15, -0.1) is 0 Å². The first-order chi connectivity index (χ1) is 50.4. The van der Waals surface area contributed by atoms with Crippen molar-refractivity contribution in [3.8, 4) is 89.0 Å². The number of nitrogens with zero attached hydrogens (tertiary/aromatic N) is 4. The Bertz CT molecular complexity index is 5750. The fourth-order valence-corrected chi connectivity index (χ4v) is 17.5. The van der Waals surface area contributed by atoms with Crippen molar-refractivity contribution in [1.82, 2.24) is 39.9 Å². The molecule has 4 aliphatic heterocycles. The summed E-state index contributed by atoms with van der Waals surface area (Å²) in [7, 11) is -2.38. The Morgan fingerprint density at radius 2 is 0.359 bits per heavy atom. The zero-order valence-electron chi connectivity index (χ0n) is 58.2. The predicted molar refractivity (Wildman–Crippen MR) is 437 cm³/mol. The SMILES string of the molecule is Cc1ccc(-c2c3nc(c(-c4ccc([Si](C)(C)c5ccc(-c6c7nc(c(-c8ccc(C)cc8)c8ccc([nH]8)c(-c8ccccc8)c8nc(c(-c9ccc(C)cc9)c9ccc6[nH]9)C=C8)C=C7)cc5)cc4)c4ccc([nH]4)c(-c4ccc(C)cc4)c4nc(c(-c5ccccc5)c5ccc2[nH]5)C=C4)C=C3)cc1. The second kappa shape index (κ2) is 25.4. The Hall–Kier alpha value is -12.8. The number of aromatic nitrogens is 8. The minimum atomic E-state index is -2.38. The van der Waals surface area contributed by atoms with Crippen molar-refractivity contribution in [3.05, 3.63) is 323 Å². The van der Waals surface area contributed by atoms with Gasteiger partial charge >= 0.3 is 0 Å². The van der Waals surface area contributed by atoms with Gasteiger partial charge in [0.05, 0.1) is 45.6 Å². The molecule has 14 aromatic rings. The lowest BCUT2D eigenvalue weighted by molar-refractivity contribution is 1.31. The zero-order chi connectivity index (χ0) is 69.5. The van der Waals surface area contributed by atoms with Crippen molar-refractivity contribution >= 4 is 111 Å². The van der Waals surface area contributed by atoms with Crippen LogP contribution in [0.3, 0.4) is 0 Å². The number of benzene rings is 8. The summed E-state index contributed by atoms with van der Waals surface area (Å²) >= 11 is 0. The van der Waals surface area contributed by atoms with E-state index in [4.69, 9.17) is 19.9 Å². The van der Waals surface area contributed by atoms with E-state index >= 15 is 0 Å². The Morgan fingerprint density at radius 3 is 0.544 bits per heavy atom. The van der Waals surface area contributed by atoms with Gasteiger partial charge in [-0.2, -0.15) is 0 Å². The predicted octanol–water partition coefficient (Wildman–Crippen LogP) is 23.0. The molecule has 492 valence electrons. The van der Waals surface area contributed by atoms with Crippen molar-refractivity contribution in [1.29, 1.82) is 0 Å². The molecule has 4 aliphatic rings. The molecule has 0 spiro atoms. The molecule has 9 heteroatoms. The number of hydrogen-bond donors (Lipinski definition) is 4. The van der Waals surface area contributed by atoms with E-state index in [9.17, 15) is 0 Å². The van der Waals surface area contributed by atoms with Crippen LogP contribution in [0, 0.1) is 27.7 Å². The van der Waals surface area contributed by atoms with Gasteiger partial charge < -0.3 is 19.9 Å². The molecule has 6 aromatic heterocycles. The third kappa shape index (κ3) is 11.5. The fourth-order valence-electron chi connectivity index (χ4n) is 15.2. The number of hydrogen-bond acceptors (Lipinski definition) is 4. The molecule has 16 bridgehead atoms. The molecule has 8 nitrogen and oxygen atoms in total. The monoisotopic (exact) mass is 1340 g/mol. The van der Waals surface area contributed by atoms with Crippen molar-refractivity contribution in [2.75, 3.05) is 0 Å². The second-order valence-electron chi connectivity index (χ2n) is 28.0. The molecule has 0 atom stereocenters. The third-order valence-corrected chi connectivity index (χ3v) is 24.3. The third-order valence-electron chi connectivity index (χ3n) is 20.8. The second-order valence-corrected chi connectivity index (χ2v) is 32.4. The lowest BCUT2D eigenvalue weighted by atomic mass is 10.0. The highest BCUT2D eigenvalue weighted by Gasteiger charge is 2.28. The quantitative estimate of drug-likeness (QED) is 0.102. The Labute approximate surface area is 599 Å². The number of rotatable bonds is 10. The molecular formula is C94H72N8Si. The first-order valence-electron chi connectivity index (χ1n) is 35.3. The van der Waals surface area contributed by atoms with Crippen molar-refractivity contribution in [2.24, 2.45) is 0 Å². The number of aryl methyl sites for hydroxylation is 4. The van der Waals surface area contributed by atoms with Crippen molar-refractivity contribution in [2.45, 2.75) is 40.8 Å². The molecular weight excluding hydrogens is 1270 g/mol. The van der Waals surface area contributed by atoms with Crippen LogP contribution < -0.4 is 10.4 Å². The van der Waals surface area contributed by atoms with Gasteiger partial charge in [0.15, 0.2) is 0 Å². The molecule has 0 amide bonds. The summed E-state index contributed by atoms with van der Waals surface area (Å²) < 4.78 is 0. The normalized spacial score (nSPS) is 12.4. The minimum Gasteiger partial charge on any atom is -0.354 e. The fraction of sp³-hybridized carbons (Fsp3) is 0.0638. The topological polar surface area (TPSA) is 115 Å². The van der Waals surface area contributed by atoms with Gasteiger partial charge in [0.1, 0.15) is 8.07 Å². The summed E-state index contributed by atoms with van der Waals surface area (Å²) in [6.07, 6.45) is 17.4. The largest absolute Gasteiger partial charge is 0.354 e. The highest BCUT2D eigenvalue weighted by atomic mass is 28.3. The van der Waals surface area contributed by atoms with Crippen LogP contribution in [0.25, 0.3) is 182 Å². The van der Waals surface area contributed by atoms with E-state index in [0.717, 1.165) is 179 Å². The van der Waals surface area contributed by atoms with Gasteiger partial charge in [-0.25, -0.2) is 19.9 Å². The van der Waals surface area contributed by atoms with Gasteiger partial charge in [0, 0.05) is 88.6 Å². The van der Waals surface area contributed by atoms with Gasteiger partial charge in [0.25, 0.3) is 0 Å². The summed E-state index contributed by atoms with van der Waals surface area (Å²) in [6.45, 7) is 13.5. The van der Waals surface area contributed by atoms with Crippen molar-refractivity contribution < 1.29 is 0 Å². The molecule has 0 aliphatic carbocycles. The first-order valence-corrected chi connectivity index (χ1v) is 38.3. The summed E-state index contributed by atoms with van der Waals surface area (Å²) in [4.78, 5) is 38.2. The Balaban J connectivity index is 0.790. The van der Waals surface area contributed by atoms with Crippen molar-refractivity contribution in [3.63, 3.8) is 0 Å². The molecule has 0 fully saturated rings. The minimum absolute atomic E-state index is 0.871. The number of fused-ring (bicyclic) bond motifs is 16. The lowest BCUT2D eigenvalue weighted by Gasteiger charge is -2.24. The van der Waals surface area contributed by atoms with Gasteiger partial charge in [-0.1, -0.05) is 252 Å². The van der Waals surface area contributed by atoms with Crippen LogP contribution >= 0.6 is 0 Å². The highest BCUT2D eigenvalue weighted by molar-refractivity contribution is 7.00. The van der Waals surface area contributed by atoms with Crippen LogP contribution in [0.15, 0.2) is 255 Å². The molecule has 0 radical (unpaired) electrons. The van der Waals surface area contributed by atoms with E-state index in [0.29, 0.717) is 0 Å². The molecule has 0 saturated heterocycles. The number of aromatic amines is 4. The number of nitrogens with one attached hydrogen (secondary N) is 4. The van der Waals surface area contributed by atoms with E-state index in [2.05, 4.69) is 364 Å². The smallest absolute Gasteiger partial charge is 0.112 e. The maximum atomic E-state index is 5.65. The van der Waals surface area contributed by atoms with E-state index in [1.165, 1.54) is 32.6 Å². The average molecular weight is 1340 g/mol. The van der Waals surface area contributed by atoms with Gasteiger partial charge in [-0.3, -0.25) is 0 Å². The van der Waals surface area contributed by atoms with Crippen LogP contribution in [0.2, 0.25) is 13.1 Å². The maximum absolute atomic E-state index is 5.65. The standard InChI is InChI=1S/C94H72N8Si/c1-57-17-25-63(26-18-57)89-75-45-41-71(95-75)87(61-13-9-7-10-14-61)72-42-46-76(96-72)90(64-27-19-58(2)20-28-64)80-50-54-84(100-80)93(83-53-49-79(89)99-83)67-33-37-69(38-34-67)103(5,6)70-39-35-68(36-40-70)94-85-55-51-81(101-85)91(65-29-21-59(3)22-30-65)77-47-43-73(97-77)88(62-15-11-8-12-16-62)74-44-48-78(98-74)92(82-52-56-86(94)102-82)66-31-23-60(4)24-32-66/h7-56,95,97,100,102H,1-6H3. The summed E-state index contributed by atoms with van der Waals surface area (Å²) in [5, 5.41) is 2.63. The molecule has 0 saturated carbocycles. The zero-order valence-corrected chi connectivity index (χ0v) is 59.2. The lowest BCUT2D eigenvalue weighted by Crippen LogP contribution is -2.52. The van der Waals surface area contributed by atoms with E-state index in [1.54, 1.807) is 0 Å². The van der Waals surface area contributed by atoms with Crippen LogP contribution in [-0.2, 0) is 0 Å². The van der Waals surface area contributed by atoms with E-state index in [1.807, 2.05) is 0 Å². The van der Waals surface area contributed by atoms with Crippen LogP contribution in [0.5, 0.6) is 0 Å². The van der Waals surface area contributed by atoms with Crippen LogP contribution in [0.1, 0.15) is 67.8 Å². The van der Waals surface area contributed by atoms with Gasteiger partial charge in [0.2, 0.25) is 0 Å². The van der Waals surface area contributed by atoms with E-state index in [-0.39, 0.29) is 0 Å². The summed E-state index contributed by atoms with van der Waals surface area (Å²) in [5.74, 6) is 0. The van der Waals surface area contributed by atoms with E-state index < -0.39 is 8.07 Å². The highest BCUT2D eigenvalue weighted by Crippen LogP contribution is 2.42. The molecule has 0 unspecified atom stereocenters. The summed E-state index contributed by atoms with van der Waals surface area (Å²) in [5.41, 5.74) is 36.3. The average Bonchev–Trinajstić information content (AvgIpc) is 1.65.